The Kier molecular flexibility index (Phi) is 8.83. The van der Waals surface area contributed by atoms with Gasteiger partial charge in [-0.25, -0.2) is 0 Å². The number of rotatable bonds is 4. The van der Waals surface area contributed by atoms with Crippen molar-refractivity contribution >= 4 is 53.3 Å². The highest BCUT2D eigenvalue weighted by molar-refractivity contribution is 14.0. The number of carbonyl (C=O) groups excluding carboxylic acids is 1. The molecule has 0 saturated carbocycles. The molecule has 2 heterocycles. The molecule has 144 valence electrons. The highest BCUT2D eigenvalue weighted by Crippen LogP contribution is 2.16. The van der Waals surface area contributed by atoms with Crippen LogP contribution in [0.1, 0.15) is 6.42 Å². The molecule has 1 aromatic carbocycles. The van der Waals surface area contributed by atoms with Gasteiger partial charge in [0, 0.05) is 62.9 Å². The third-order valence-corrected chi connectivity index (χ3v) is 5.63. The number of carbonyl (C=O) groups is 1. The summed E-state index contributed by atoms with van der Waals surface area (Å²) < 4.78 is 0. The zero-order valence-corrected chi connectivity index (χ0v) is 18.2. The molecule has 0 aliphatic carbocycles. The molecule has 26 heavy (non-hydrogen) atoms. The van der Waals surface area contributed by atoms with Crippen LogP contribution < -0.4 is 10.6 Å². The summed E-state index contributed by atoms with van der Waals surface area (Å²) >= 11 is 1.95. The maximum Gasteiger partial charge on any atom is 0.224 e. The van der Waals surface area contributed by atoms with E-state index < -0.39 is 0 Å². The second kappa shape index (κ2) is 10.9. The van der Waals surface area contributed by atoms with Crippen molar-refractivity contribution in [2.75, 3.05) is 62.2 Å². The van der Waals surface area contributed by atoms with Crippen LogP contribution in [0.5, 0.6) is 0 Å². The summed E-state index contributed by atoms with van der Waals surface area (Å²) in [6.07, 6.45) is 0.439. The molecule has 1 amide bonds. The molecular weight excluding hydrogens is 461 g/mol. The summed E-state index contributed by atoms with van der Waals surface area (Å²) in [4.78, 5) is 23.2. The summed E-state index contributed by atoms with van der Waals surface area (Å²) in [5.74, 6) is 2.96. The summed E-state index contributed by atoms with van der Waals surface area (Å²) in [6, 6.07) is 10.4. The molecule has 0 atom stereocenters. The molecule has 3 rings (SSSR count). The number of aliphatic imine (C=N–C) groups is 1. The fraction of sp³-hybridized carbons (Fsp3) is 0.556. The average Bonchev–Trinajstić information content (AvgIpc) is 2.69. The number of halogens is 1. The summed E-state index contributed by atoms with van der Waals surface area (Å²) in [5, 5.41) is 0. The van der Waals surface area contributed by atoms with E-state index in [-0.39, 0.29) is 29.9 Å². The minimum absolute atomic E-state index is 0. The van der Waals surface area contributed by atoms with Gasteiger partial charge in [0.2, 0.25) is 5.91 Å². The van der Waals surface area contributed by atoms with Crippen molar-refractivity contribution in [3.63, 3.8) is 0 Å². The molecule has 0 spiro atoms. The van der Waals surface area contributed by atoms with Gasteiger partial charge in [0.15, 0.2) is 5.96 Å². The van der Waals surface area contributed by atoms with Crippen molar-refractivity contribution in [3.8, 4) is 0 Å². The largest absolute Gasteiger partial charge is 0.370 e. The molecule has 8 heteroatoms. The van der Waals surface area contributed by atoms with Crippen molar-refractivity contribution < 1.29 is 4.79 Å². The zero-order valence-electron chi connectivity index (χ0n) is 15.0. The highest BCUT2D eigenvalue weighted by atomic mass is 127. The van der Waals surface area contributed by atoms with Crippen LogP contribution in [-0.2, 0) is 4.79 Å². The van der Waals surface area contributed by atoms with E-state index in [0.717, 1.165) is 50.8 Å². The van der Waals surface area contributed by atoms with Crippen LogP contribution in [0.15, 0.2) is 35.3 Å². The minimum Gasteiger partial charge on any atom is -0.370 e. The lowest BCUT2D eigenvalue weighted by molar-refractivity contribution is -0.131. The maximum atomic E-state index is 12.4. The summed E-state index contributed by atoms with van der Waals surface area (Å²) in [7, 11) is 0. The molecule has 0 radical (unpaired) electrons. The molecule has 2 aliphatic rings. The van der Waals surface area contributed by atoms with E-state index in [2.05, 4.69) is 39.1 Å². The van der Waals surface area contributed by atoms with Gasteiger partial charge in [-0.3, -0.25) is 9.79 Å². The Morgan fingerprint density at radius 3 is 2.31 bits per heavy atom. The predicted molar refractivity (Wildman–Crippen MR) is 121 cm³/mol. The van der Waals surface area contributed by atoms with Crippen LogP contribution in [0, 0.1) is 0 Å². The Balaban J connectivity index is 0.00000243. The minimum atomic E-state index is 0. The van der Waals surface area contributed by atoms with Gasteiger partial charge in [-0.2, -0.15) is 11.8 Å². The number of piperazine rings is 1. The van der Waals surface area contributed by atoms with Crippen LogP contribution in [0.3, 0.4) is 0 Å². The Hall–Kier alpha value is -1.16. The van der Waals surface area contributed by atoms with Gasteiger partial charge < -0.3 is 20.4 Å². The number of hydrogen-bond donors (Lipinski definition) is 1. The number of nitrogens with zero attached hydrogens (tertiary/aromatic N) is 4. The van der Waals surface area contributed by atoms with Crippen LogP contribution >= 0.6 is 35.7 Å². The molecule has 2 fully saturated rings. The monoisotopic (exact) mass is 489 g/mol. The number of anilines is 1. The van der Waals surface area contributed by atoms with Gasteiger partial charge in [0.1, 0.15) is 0 Å². The highest BCUT2D eigenvalue weighted by Gasteiger charge is 2.21. The summed E-state index contributed by atoms with van der Waals surface area (Å²) in [5.41, 5.74) is 7.26. The number of para-hydroxylation sites is 1. The van der Waals surface area contributed by atoms with Crippen molar-refractivity contribution in [2.45, 2.75) is 6.42 Å². The average molecular weight is 489 g/mol. The third kappa shape index (κ3) is 5.94. The van der Waals surface area contributed by atoms with Gasteiger partial charge >= 0.3 is 0 Å². The fourth-order valence-corrected chi connectivity index (χ4v) is 4.07. The first-order valence-electron chi connectivity index (χ1n) is 8.94. The molecule has 2 aliphatic heterocycles. The molecule has 6 nitrogen and oxygen atoms in total. The molecule has 0 bridgehead atoms. The van der Waals surface area contributed by atoms with Gasteiger partial charge in [-0.15, -0.1) is 24.0 Å². The Morgan fingerprint density at radius 1 is 1.00 bits per heavy atom. The number of guanidine groups is 1. The predicted octanol–water partition coefficient (Wildman–Crippen LogP) is 1.71. The molecule has 0 aromatic heterocycles. The van der Waals surface area contributed by atoms with Crippen molar-refractivity contribution in [3.05, 3.63) is 30.3 Å². The number of nitrogens with two attached hydrogens (primary N) is 1. The topological polar surface area (TPSA) is 65.2 Å². The number of hydrogen-bond acceptors (Lipinski definition) is 4. The zero-order chi connectivity index (χ0) is 17.5. The number of thioether (sulfide) groups is 1. The third-order valence-electron chi connectivity index (χ3n) is 4.69. The second-order valence-electron chi connectivity index (χ2n) is 6.29. The van der Waals surface area contributed by atoms with Gasteiger partial charge in [0.25, 0.3) is 0 Å². The first kappa shape index (κ1) is 21.1. The maximum absolute atomic E-state index is 12.4. The van der Waals surface area contributed by atoms with E-state index in [1.54, 1.807) is 0 Å². The van der Waals surface area contributed by atoms with E-state index in [4.69, 9.17) is 5.73 Å². The fourth-order valence-electron chi connectivity index (χ4n) is 3.17. The second-order valence-corrected chi connectivity index (χ2v) is 7.52. The SMILES string of the molecule is I.NC(=NCCC(=O)N1CCN(c2ccccc2)CC1)N1CCSCC1. The Bertz CT molecular complexity index is 587. The lowest BCUT2D eigenvalue weighted by Crippen LogP contribution is -2.49. The Labute approximate surface area is 177 Å². The van der Waals surface area contributed by atoms with E-state index in [0.29, 0.717) is 18.9 Å². The molecule has 2 saturated heterocycles. The standard InChI is InChI=1S/C18H27N5OS.HI/c19-18(23-12-14-25-15-13-23)20-7-6-17(24)22-10-8-21(9-11-22)16-4-2-1-3-5-16;/h1-5H,6-15H2,(H2,19,20);1H. The molecule has 2 N–H and O–H groups in total. The van der Waals surface area contributed by atoms with E-state index in [1.165, 1.54) is 5.69 Å². The van der Waals surface area contributed by atoms with E-state index >= 15 is 0 Å². The van der Waals surface area contributed by atoms with Crippen molar-refractivity contribution in [2.24, 2.45) is 10.7 Å². The van der Waals surface area contributed by atoms with Crippen molar-refractivity contribution in [1.29, 1.82) is 0 Å². The van der Waals surface area contributed by atoms with Crippen LogP contribution in [0.4, 0.5) is 5.69 Å². The lowest BCUT2D eigenvalue weighted by atomic mass is 10.2. The number of benzene rings is 1. The molecule has 1 aromatic rings. The lowest BCUT2D eigenvalue weighted by Gasteiger charge is -2.36. The first-order valence-corrected chi connectivity index (χ1v) is 10.1. The van der Waals surface area contributed by atoms with Crippen LogP contribution in [-0.4, -0.2) is 79.0 Å². The van der Waals surface area contributed by atoms with E-state index in [9.17, 15) is 4.79 Å². The molecular formula is C18H28IN5OS. The van der Waals surface area contributed by atoms with Crippen LogP contribution in [0.2, 0.25) is 0 Å². The van der Waals surface area contributed by atoms with Gasteiger partial charge in [-0.05, 0) is 12.1 Å². The number of amides is 1. The first-order chi connectivity index (χ1) is 12.2. The summed E-state index contributed by atoms with van der Waals surface area (Å²) in [6.45, 7) is 5.70. The van der Waals surface area contributed by atoms with Crippen LogP contribution in [0.25, 0.3) is 0 Å². The Morgan fingerprint density at radius 2 is 1.65 bits per heavy atom. The quantitative estimate of drug-likeness (QED) is 0.397. The van der Waals surface area contributed by atoms with Gasteiger partial charge in [0.05, 0.1) is 6.54 Å². The smallest absolute Gasteiger partial charge is 0.224 e. The van der Waals surface area contributed by atoms with E-state index in [1.807, 2.05) is 22.7 Å². The van der Waals surface area contributed by atoms with Crippen molar-refractivity contribution in [1.82, 2.24) is 9.80 Å². The molecule has 0 unspecified atom stereocenters. The van der Waals surface area contributed by atoms with Gasteiger partial charge in [-0.1, -0.05) is 18.2 Å². The normalized spacial score (nSPS) is 18.5.